The second-order valence-corrected chi connectivity index (χ2v) is 8.81. The number of nitrogens with zero attached hydrogens (tertiary/aromatic N) is 3. The Morgan fingerprint density at radius 3 is 2.70 bits per heavy atom. The molecule has 1 saturated carbocycles. The maximum Gasteiger partial charge on any atom is 0.180 e. The summed E-state index contributed by atoms with van der Waals surface area (Å²) in [6.07, 6.45) is 9.21. The molecule has 6 heteroatoms. The number of piperidine rings is 1. The van der Waals surface area contributed by atoms with Crippen molar-refractivity contribution in [2.45, 2.75) is 48.4 Å². The highest BCUT2D eigenvalue weighted by Crippen LogP contribution is 2.41. The fraction of sp³-hybridized carbons (Fsp3) is 0.429. The molecular weight excluding hydrogens is 354 g/mol. The summed E-state index contributed by atoms with van der Waals surface area (Å²) in [6.45, 7) is 2.98. The van der Waals surface area contributed by atoms with E-state index in [4.69, 9.17) is 9.97 Å². The second kappa shape index (κ2) is 7.52. The number of hydrogen-bond acceptors (Lipinski definition) is 5. The number of aromatic nitrogens is 3. The monoisotopic (exact) mass is 379 g/mol. The third kappa shape index (κ3) is 3.82. The number of imidazole rings is 1. The van der Waals surface area contributed by atoms with Crippen LogP contribution < -0.4 is 10.6 Å². The number of rotatable bonds is 6. The molecule has 5 rings (SSSR count). The number of fused-ring (bicyclic) bond motifs is 1. The lowest BCUT2D eigenvalue weighted by Crippen LogP contribution is -2.29. The van der Waals surface area contributed by atoms with Gasteiger partial charge < -0.3 is 10.6 Å². The fourth-order valence-corrected chi connectivity index (χ4v) is 4.83. The number of nitrogens with one attached hydrogen (secondary N) is 2. The van der Waals surface area contributed by atoms with E-state index in [0.717, 1.165) is 36.1 Å². The van der Waals surface area contributed by atoms with Gasteiger partial charge in [-0.3, -0.25) is 4.40 Å². The third-order valence-electron chi connectivity index (χ3n) is 5.37. The van der Waals surface area contributed by atoms with Crippen LogP contribution in [0.25, 0.3) is 5.65 Å². The molecule has 27 heavy (non-hydrogen) atoms. The molecule has 2 N–H and O–H groups in total. The summed E-state index contributed by atoms with van der Waals surface area (Å²) in [5.41, 5.74) is 3.53. The molecule has 1 aliphatic heterocycles. The standard InChI is InChI=1S/C21H25N5S/c1-2-4-15(5-3-1)12-23-20-21-24-13-18(16-6-7-16)26(21)14-19(25-20)27-17-8-10-22-11-9-17/h1-5,13-14,16-17,22H,6-12H2,(H,23,25). The highest BCUT2D eigenvalue weighted by Gasteiger charge is 2.28. The summed E-state index contributed by atoms with van der Waals surface area (Å²) >= 11 is 1.92. The zero-order chi connectivity index (χ0) is 18.1. The zero-order valence-corrected chi connectivity index (χ0v) is 16.2. The number of benzene rings is 1. The minimum atomic E-state index is 0.645. The highest BCUT2D eigenvalue weighted by molar-refractivity contribution is 7.99. The molecule has 0 atom stereocenters. The van der Waals surface area contributed by atoms with Crippen molar-refractivity contribution in [2.24, 2.45) is 0 Å². The van der Waals surface area contributed by atoms with E-state index >= 15 is 0 Å². The van der Waals surface area contributed by atoms with Crippen LogP contribution in [0, 0.1) is 0 Å². The van der Waals surface area contributed by atoms with Gasteiger partial charge in [0.2, 0.25) is 0 Å². The van der Waals surface area contributed by atoms with Gasteiger partial charge in [0, 0.05) is 35.8 Å². The van der Waals surface area contributed by atoms with E-state index in [1.165, 1.54) is 36.9 Å². The van der Waals surface area contributed by atoms with Gasteiger partial charge in [0.05, 0.1) is 0 Å². The van der Waals surface area contributed by atoms with Crippen molar-refractivity contribution in [3.05, 3.63) is 54.0 Å². The molecule has 0 amide bonds. The number of thioether (sulfide) groups is 1. The summed E-state index contributed by atoms with van der Waals surface area (Å²) < 4.78 is 2.28. The van der Waals surface area contributed by atoms with Gasteiger partial charge >= 0.3 is 0 Å². The van der Waals surface area contributed by atoms with Crippen molar-refractivity contribution < 1.29 is 0 Å². The maximum atomic E-state index is 4.95. The molecule has 140 valence electrons. The molecule has 0 spiro atoms. The highest BCUT2D eigenvalue weighted by atomic mass is 32.2. The summed E-state index contributed by atoms with van der Waals surface area (Å²) in [5.74, 6) is 1.56. The molecule has 2 aliphatic rings. The number of anilines is 1. The SMILES string of the molecule is c1ccc(CNc2nc(SC3CCNCC3)cn3c(C4CC4)cnc23)cc1. The van der Waals surface area contributed by atoms with E-state index in [-0.39, 0.29) is 0 Å². The molecule has 0 unspecified atom stereocenters. The maximum absolute atomic E-state index is 4.95. The van der Waals surface area contributed by atoms with Gasteiger partial charge in [0.25, 0.3) is 0 Å². The van der Waals surface area contributed by atoms with Crippen molar-refractivity contribution in [3.63, 3.8) is 0 Å². The molecule has 1 aromatic carbocycles. The first kappa shape index (κ1) is 17.1. The first-order valence-corrected chi connectivity index (χ1v) is 10.8. The van der Waals surface area contributed by atoms with Crippen LogP contribution >= 0.6 is 11.8 Å². The second-order valence-electron chi connectivity index (χ2n) is 7.49. The van der Waals surface area contributed by atoms with E-state index < -0.39 is 0 Å². The zero-order valence-electron chi connectivity index (χ0n) is 15.4. The lowest BCUT2D eigenvalue weighted by atomic mass is 10.2. The van der Waals surface area contributed by atoms with Crippen LogP contribution in [0.5, 0.6) is 0 Å². The van der Waals surface area contributed by atoms with Crippen molar-refractivity contribution >= 4 is 23.2 Å². The molecule has 2 aromatic heterocycles. The van der Waals surface area contributed by atoms with E-state index in [1.54, 1.807) is 0 Å². The lowest BCUT2D eigenvalue weighted by molar-refractivity contribution is 0.531. The van der Waals surface area contributed by atoms with Crippen LogP contribution in [0.4, 0.5) is 5.82 Å². The van der Waals surface area contributed by atoms with Crippen molar-refractivity contribution in [2.75, 3.05) is 18.4 Å². The Labute approximate surface area is 164 Å². The Morgan fingerprint density at radius 1 is 1.11 bits per heavy atom. The van der Waals surface area contributed by atoms with Crippen molar-refractivity contribution in [1.82, 2.24) is 19.7 Å². The van der Waals surface area contributed by atoms with Gasteiger partial charge in [-0.05, 0) is 44.3 Å². The Bertz CT molecular complexity index is 913. The molecule has 3 aromatic rings. The summed E-state index contributed by atoms with van der Waals surface area (Å²) in [4.78, 5) is 9.65. The first-order valence-electron chi connectivity index (χ1n) is 9.90. The predicted molar refractivity (Wildman–Crippen MR) is 110 cm³/mol. The van der Waals surface area contributed by atoms with Crippen LogP contribution in [0.2, 0.25) is 0 Å². The molecule has 2 fully saturated rings. The average molecular weight is 380 g/mol. The summed E-state index contributed by atoms with van der Waals surface area (Å²) in [6, 6.07) is 10.5. The van der Waals surface area contributed by atoms with Crippen LogP contribution in [0.1, 0.15) is 42.9 Å². The Kier molecular flexibility index (Phi) is 4.76. The van der Waals surface area contributed by atoms with Gasteiger partial charge in [0.15, 0.2) is 11.5 Å². The van der Waals surface area contributed by atoms with Crippen LogP contribution in [0.3, 0.4) is 0 Å². The van der Waals surface area contributed by atoms with E-state index in [1.807, 2.05) is 24.0 Å². The number of hydrogen-bond donors (Lipinski definition) is 2. The third-order valence-corrected chi connectivity index (χ3v) is 6.61. The van der Waals surface area contributed by atoms with Crippen molar-refractivity contribution in [3.8, 4) is 0 Å². The predicted octanol–water partition coefficient (Wildman–Crippen LogP) is 4.06. The molecule has 1 saturated heterocycles. The summed E-state index contributed by atoms with van der Waals surface area (Å²) in [5, 5.41) is 8.73. The molecule has 5 nitrogen and oxygen atoms in total. The van der Waals surface area contributed by atoms with E-state index in [0.29, 0.717) is 11.2 Å². The first-order chi connectivity index (χ1) is 13.4. The molecule has 0 bridgehead atoms. The van der Waals surface area contributed by atoms with Gasteiger partial charge in [-0.1, -0.05) is 30.3 Å². The Morgan fingerprint density at radius 2 is 1.93 bits per heavy atom. The van der Waals surface area contributed by atoms with Gasteiger partial charge in [-0.25, -0.2) is 9.97 Å². The fourth-order valence-electron chi connectivity index (χ4n) is 3.71. The van der Waals surface area contributed by atoms with Crippen LogP contribution in [-0.4, -0.2) is 32.7 Å². The van der Waals surface area contributed by atoms with Gasteiger partial charge in [-0.15, -0.1) is 11.8 Å². The minimum Gasteiger partial charge on any atom is -0.363 e. The normalized spacial score (nSPS) is 18.1. The van der Waals surface area contributed by atoms with Crippen LogP contribution in [-0.2, 0) is 6.54 Å². The topological polar surface area (TPSA) is 54.2 Å². The average Bonchev–Trinajstić information content (AvgIpc) is 3.47. The largest absolute Gasteiger partial charge is 0.363 e. The smallest absolute Gasteiger partial charge is 0.180 e. The molecule has 1 aliphatic carbocycles. The lowest BCUT2D eigenvalue weighted by Gasteiger charge is -2.22. The minimum absolute atomic E-state index is 0.645. The summed E-state index contributed by atoms with van der Waals surface area (Å²) in [7, 11) is 0. The quantitative estimate of drug-likeness (QED) is 0.676. The van der Waals surface area contributed by atoms with Crippen molar-refractivity contribution in [1.29, 1.82) is 0 Å². The Balaban J connectivity index is 1.45. The van der Waals surface area contributed by atoms with Gasteiger partial charge in [-0.2, -0.15) is 0 Å². The Hall–Kier alpha value is -2.05. The van der Waals surface area contributed by atoms with Crippen LogP contribution in [0.15, 0.2) is 47.8 Å². The van der Waals surface area contributed by atoms with E-state index in [9.17, 15) is 0 Å². The molecule has 3 heterocycles. The molecule has 0 radical (unpaired) electrons. The van der Waals surface area contributed by atoms with Gasteiger partial charge in [0.1, 0.15) is 5.03 Å². The molecular formula is C21H25N5S. The van der Waals surface area contributed by atoms with E-state index in [2.05, 4.69) is 45.5 Å².